The van der Waals surface area contributed by atoms with Crippen molar-refractivity contribution in [2.24, 2.45) is 11.3 Å². The molecule has 4 aliphatic heterocycles. The van der Waals surface area contributed by atoms with E-state index in [0.29, 0.717) is 6.61 Å². The van der Waals surface area contributed by atoms with Crippen molar-refractivity contribution in [3.63, 3.8) is 0 Å². The summed E-state index contributed by atoms with van der Waals surface area (Å²) in [6.07, 6.45) is 3.95. The molecule has 6 atom stereocenters. The Bertz CT molecular complexity index is 466. The Hall–Kier alpha value is -0.560. The lowest BCUT2D eigenvalue weighted by Crippen LogP contribution is -2.51. The van der Waals surface area contributed by atoms with Crippen LogP contribution in [-0.2, 0) is 23.7 Å². The molecular weight excluding hydrogens is 268 g/mol. The predicted octanol–water partition coefficient (Wildman–Crippen LogP) is 0.935. The van der Waals surface area contributed by atoms with E-state index >= 15 is 0 Å². The Morgan fingerprint density at radius 2 is 2.42 bits per heavy atom. The van der Waals surface area contributed by atoms with Gasteiger partial charge in [-0.25, -0.2) is 0 Å². The molecule has 0 N–H and O–H groups in total. The predicted molar refractivity (Wildman–Crippen MR) is 67.4 cm³/mol. The van der Waals surface area contributed by atoms with E-state index in [0.717, 1.165) is 5.75 Å². The van der Waals surface area contributed by atoms with Crippen LogP contribution >= 0.6 is 11.8 Å². The Morgan fingerprint density at radius 1 is 1.58 bits per heavy atom. The van der Waals surface area contributed by atoms with Crippen molar-refractivity contribution in [2.45, 2.75) is 30.4 Å². The van der Waals surface area contributed by atoms with Crippen molar-refractivity contribution in [1.82, 2.24) is 0 Å². The molecule has 0 saturated carbocycles. The van der Waals surface area contributed by atoms with Gasteiger partial charge in [-0.2, -0.15) is 0 Å². The van der Waals surface area contributed by atoms with Crippen molar-refractivity contribution < 1.29 is 23.7 Å². The molecule has 4 heterocycles. The van der Waals surface area contributed by atoms with Gasteiger partial charge in [0.2, 0.25) is 0 Å². The van der Waals surface area contributed by atoms with Crippen LogP contribution in [0.3, 0.4) is 0 Å². The van der Waals surface area contributed by atoms with Crippen LogP contribution in [0.2, 0.25) is 0 Å². The highest BCUT2D eigenvalue weighted by molar-refractivity contribution is 8.00. The highest BCUT2D eigenvalue weighted by atomic mass is 32.2. The molecule has 2 bridgehead atoms. The van der Waals surface area contributed by atoms with Gasteiger partial charge in [0.25, 0.3) is 0 Å². The smallest absolute Gasteiger partial charge is 0.302 e. The van der Waals surface area contributed by atoms with Crippen LogP contribution in [0.4, 0.5) is 0 Å². The number of methoxy groups -OCH3 is 1. The number of fused-ring (bicyclic) bond motifs is 2. The van der Waals surface area contributed by atoms with Gasteiger partial charge in [-0.15, -0.1) is 11.8 Å². The third-order valence-electron chi connectivity index (χ3n) is 4.81. The third kappa shape index (κ3) is 1.26. The normalized spacial score (nSPS) is 52.7. The molecule has 0 amide bonds. The molecule has 0 aromatic heterocycles. The van der Waals surface area contributed by atoms with Crippen LogP contribution in [-0.4, -0.2) is 48.9 Å². The SMILES string of the molecule is CO[C@H]1O[C@@H]2SCC34C=C[C@H](O3)[C@H]1[C@]24COC(C)=O. The maximum absolute atomic E-state index is 11.2. The van der Waals surface area contributed by atoms with Gasteiger partial charge in [-0.3, -0.25) is 4.79 Å². The summed E-state index contributed by atoms with van der Waals surface area (Å²) in [6, 6.07) is 0. The van der Waals surface area contributed by atoms with Crippen molar-refractivity contribution >= 4 is 17.7 Å². The average molecular weight is 284 g/mol. The van der Waals surface area contributed by atoms with Crippen LogP contribution in [0, 0.1) is 11.3 Å². The minimum Gasteiger partial charge on any atom is -0.465 e. The average Bonchev–Trinajstić information content (AvgIpc) is 3.08. The summed E-state index contributed by atoms with van der Waals surface area (Å²) >= 11 is 1.73. The number of carbonyl (C=O) groups excluding carboxylic acids is 1. The van der Waals surface area contributed by atoms with Gasteiger partial charge in [-0.1, -0.05) is 12.2 Å². The molecule has 1 spiro atoms. The van der Waals surface area contributed by atoms with Crippen LogP contribution in [0.5, 0.6) is 0 Å². The number of hydrogen-bond acceptors (Lipinski definition) is 6. The van der Waals surface area contributed by atoms with E-state index in [2.05, 4.69) is 12.2 Å². The van der Waals surface area contributed by atoms with Crippen molar-refractivity contribution in [2.75, 3.05) is 19.5 Å². The van der Waals surface area contributed by atoms with E-state index in [9.17, 15) is 4.79 Å². The number of hydrogen-bond donors (Lipinski definition) is 0. The first kappa shape index (κ1) is 12.2. The minimum atomic E-state index is -0.361. The lowest BCUT2D eigenvalue weighted by Gasteiger charge is -2.37. The summed E-state index contributed by atoms with van der Waals surface area (Å²) < 4.78 is 23.0. The molecule has 3 fully saturated rings. The molecule has 1 unspecified atom stereocenters. The molecule has 19 heavy (non-hydrogen) atoms. The number of carbonyl (C=O) groups is 1. The van der Waals surface area contributed by atoms with E-state index in [1.54, 1.807) is 18.9 Å². The third-order valence-corrected chi connectivity index (χ3v) is 6.24. The highest BCUT2D eigenvalue weighted by Crippen LogP contribution is 2.70. The summed E-state index contributed by atoms with van der Waals surface area (Å²) in [4.78, 5) is 11.2. The molecule has 0 aliphatic carbocycles. The van der Waals surface area contributed by atoms with E-state index in [1.165, 1.54) is 6.92 Å². The van der Waals surface area contributed by atoms with Gasteiger partial charge in [0.1, 0.15) is 17.6 Å². The fourth-order valence-corrected chi connectivity index (χ4v) is 5.74. The lowest BCUT2D eigenvalue weighted by atomic mass is 9.64. The Labute approximate surface area is 115 Å². The summed E-state index contributed by atoms with van der Waals surface area (Å²) in [6.45, 7) is 1.78. The summed E-state index contributed by atoms with van der Waals surface area (Å²) in [5.41, 5.74) is -0.694. The number of rotatable bonds is 3. The Kier molecular flexibility index (Phi) is 2.41. The zero-order valence-electron chi connectivity index (χ0n) is 10.8. The van der Waals surface area contributed by atoms with E-state index < -0.39 is 0 Å². The minimum absolute atomic E-state index is 0.00593. The molecule has 104 valence electrons. The zero-order valence-corrected chi connectivity index (χ0v) is 11.6. The number of esters is 1. The van der Waals surface area contributed by atoms with Crippen molar-refractivity contribution in [1.29, 1.82) is 0 Å². The standard InChI is InChI=1S/C13H16O5S/c1-7(14)16-5-13-9-8-3-4-12(13,18-8)6-19-11(13)17-10(9)15-2/h3-4,8-11H,5-6H2,1-2H3/t8-,9+,10-,11+,12?,13+/m0/s1. The molecule has 6 heteroatoms. The Morgan fingerprint density at radius 3 is 3.16 bits per heavy atom. The van der Waals surface area contributed by atoms with Gasteiger partial charge < -0.3 is 18.9 Å². The second kappa shape index (κ2) is 3.75. The molecule has 4 rings (SSSR count). The van der Waals surface area contributed by atoms with Gasteiger partial charge in [-0.05, 0) is 0 Å². The van der Waals surface area contributed by atoms with E-state index in [1.807, 2.05) is 0 Å². The topological polar surface area (TPSA) is 54.0 Å². The van der Waals surface area contributed by atoms with E-state index in [-0.39, 0.29) is 40.7 Å². The fraction of sp³-hybridized carbons (Fsp3) is 0.769. The monoisotopic (exact) mass is 284 g/mol. The van der Waals surface area contributed by atoms with Gasteiger partial charge in [0, 0.05) is 19.8 Å². The highest BCUT2D eigenvalue weighted by Gasteiger charge is 2.79. The maximum atomic E-state index is 11.2. The van der Waals surface area contributed by atoms with Gasteiger partial charge in [0.15, 0.2) is 6.29 Å². The molecule has 3 saturated heterocycles. The quantitative estimate of drug-likeness (QED) is 0.568. The van der Waals surface area contributed by atoms with Crippen LogP contribution < -0.4 is 0 Å². The van der Waals surface area contributed by atoms with Gasteiger partial charge >= 0.3 is 5.97 Å². The van der Waals surface area contributed by atoms with Crippen molar-refractivity contribution in [3.05, 3.63) is 12.2 Å². The number of thioether (sulfide) groups is 1. The van der Waals surface area contributed by atoms with E-state index in [4.69, 9.17) is 18.9 Å². The lowest BCUT2D eigenvalue weighted by molar-refractivity contribution is -0.149. The molecule has 0 aromatic carbocycles. The first-order valence-corrected chi connectivity index (χ1v) is 7.48. The summed E-state index contributed by atoms with van der Waals surface area (Å²) in [7, 11) is 1.65. The first-order valence-electron chi connectivity index (χ1n) is 6.43. The molecule has 0 radical (unpaired) electrons. The van der Waals surface area contributed by atoms with Crippen LogP contribution in [0.15, 0.2) is 12.2 Å². The largest absolute Gasteiger partial charge is 0.465 e. The zero-order chi connectivity index (χ0) is 13.3. The molecule has 5 nitrogen and oxygen atoms in total. The van der Waals surface area contributed by atoms with Crippen LogP contribution in [0.1, 0.15) is 6.92 Å². The number of ether oxygens (including phenoxy) is 4. The first-order chi connectivity index (χ1) is 9.13. The molecule has 4 aliphatic rings. The van der Waals surface area contributed by atoms with Gasteiger partial charge in [0.05, 0.1) is 17.4 Å². The molecule has 0 aromatic rings. The molecular formula is C13H16O5S. The summed E-state index contributed by atoms with van der Waals surface area (Å²) in [5, 5.41) is 0. The van der Waals surface area contributed by atoms with Crippen LogP contribution in [0.25, 0.3) is 0 Å². The summed E-state index contributed by atoms with van der Waals surface area (Å²) in [5.74, 6) is 0.683. The Balaban J connectivity index is 1.77. The van der Waals surface area contributed by atoms with Crippen molar-refractivity contribution in [3.8, 4) is 0 Å². The maximum Gasteiger partial charge on any atom is 0.302 e. The second-order valence-corrected chi connectivity index (χ2v) is 6.61. The fourth-order valence-electron chi connectivity index (χ4n) is 4.00. The second-order valence-electron chi connectivity index (χ2n) is 5.56.